The van der Waals surface area contributed by atoms with E-state index in [1.165, 1.54) is 4.90 Å². The van der Waals surface area contributed by atoms with E-state index in [1.54, 1.807) is 0 Å². The molecule has 8 heteroatoms. The average molecular weight is 429 g/mol. The van der Waals surface area contributed by atoms with Gasteiger partial charge in [-0.05, 0) is 54.0 Å². The highest BCUT2D eigenvalue weighted by molar-refractivity contribution is 5.87. The average Bonchev–Trinajstić information content (AvgIpc) is 2.66. The topological polar surface area (TPSA) is 93.7 Å². The Morgan fingerprint density at radius 3 is 2.55 bits per heavy atom. The van der Waals surface area contributed by atoms with Gasteiger partial charge in [-0.1, -0.05) is 18.2 Å². The lowest BCUT2D eigenvalue weighted by Gasteiger charge is -2.35. The molecule has 0 radical (unpaired) electrons. The van der Waals surface area contributed by atoms with E-state index in [0.29, 0.717) is 12.4 Å². The number of nitrogens with zero attached hydrogens (tertiary/aromatic N) is 3. The second kappa shape index (κ2) is 8.42. The summed E-state index contributed by atoms with van der Waals surface area (Å²) in [6.45, 7) is 13.9. The van der Waals surface area contributed by atoms with Crippen molar-refractivity contribution in [3.05, 3.63) is 35.3 Å². The third kappa shape index (κ3) is 5.31. The predicted octanol–water partition coefficient (Wildman–Crippen LogP) is 3.23. The molecule has 8 nitrogen and oxygen atoms in total. The van der Waals surface area contributed by atoms with Crippen molar-refractivity contribution in [1.82, 2.24) is 20.2 Å². The first-order valence-corrected chi connectivity index (χ1v) is 10.5. The molecular formula is C23H32N4O4. The summed E-state index contributed by atoms with van der Waals surface area (Å²) in [7, 11) is 0. The van der Waals surface area contributed by atoms with Crippen molar-refractivity contribution in [2.24, 2.45) is 0 Å². The van der Waals surface area contributed by atoms with Gasteiger partial charge in [-0.25, -0.2) is 14.8 Å². The highest BCUT2D eigenvalue weighted by atomic mass is 16.6. The van der Waals surface area contributed by atoms with Gasteiger partial charge in [0.15, 0.2) is 6.10 Å². The fraction of sp³-hybridized carbons (Fsp3) is 0.565. The summed E-state index contributed by atoms with van der Waals surface area (Å²) in [5, 5.41) is 3.95. The first-order chi connectivity index (χ1) is 14.4. The molecule has 2 amide bonds. The number of rotatable bonds is 3. The van der Waals surface area contributed by atoms with E-state index in [-0.39, 0.29) is 19.1 Å². The summed E-state index contributed by atoms with van der Waals surface area (Å²) >= 11 is 0. The van der Waals surface area contributed by atoms with Crippen molar-refractivity contribution in [2.75, 3.05) is 19.7 Å². The molecule has 0 bridgehead atoms. The highest BCUT2D eigenvalue weighted by Crippen LogP contribution is 2.28. The van der Waals surface area contributed by atoms with E-state index in [4.69, 9.17) is 9.47 Å². The lowest BCUT2D eigenvalue weighted by atomic mass is 9.94. The highest BCUT2D eigenvalue weighted by Gasteiger charge is 2.35. The van der Waals surface area contributed by atoms with E-state index in [1.807, 2.05) is 66.7 Å². The molecule has 0 aliphatic carbocycles. The molecule has 2 aromatic rings. The molecule has 1 aliphatic heterocycles. The number of nitrogens with one attached hydrogen (secondary N) is 1. The van der Waals surface area contributed by atoms with Gasteiger partial charge in [-0.2, -0.15) is 0 Å². The van der Waals surface area contributed by atoms with Gasteiger partial charge < -0.3 is 19.7 Å². The summed E-state index contributed by atoms with van der Waals surface area (Å²) in [5.74, 6) is 0.347. The number of hydrogen-bond donors (Lipinski definition) is 1. The fourth-order valence-corrected chi connectivity index (χ4v) is 3.63. The van der Waals surface area contributed by atoms with Crippen LogP contribution in [0.25, 0.3) is 10.9 Å². The van der Waals surface area contributed by atoms with Gasteiger partial charge in [-0.15, -0.1) is 0 Å². The van der Waals surface area contributed by atoms with Crippen LogP contribution in [0.3, 0.4) is 0 Å². The number of carbonyl (C=O) groups excluding carboxylic acids is 2. The lowest BCUT2D eigenvalue weighted by molar-refractivity contribution is -0.139. The summed E-state index contributed by atoms with van der Waals surface area (Å²) in [6.07, 6.45) is -1.22. The molecule has 0 saturated carbocycles. The van der Waals surface area contributed by atoms with Gasteiger partial charge in [0.1, 0.15) is 11.4 Å². The van der Waals surface area contributed by atoms with E-state index in [2.05, 4.69) is 15.3 Å². The van der Waals surface area contributed by atoms with Crippen LogP contribution in [0.5, 0.6) is 0 Å². The van der Waals surface area contributed by atoms with E-state index in [9.17, 15) is 9.59 Å². The van der Waals surface area contributed by atoms with Gasteiger partial charge in [0.25, 0.3) is 5.91 Å². The molecule has 1 aliphatic rings. The van der Waals surface area contributed by atoms with Crippen molar-refractivity contribution < 1.29 is 19.1 Å². The van der Waals surface area contributed by atoms with Crippen LogP contribution in [-0.2, 0) is 19.8 Å². The second-order valence-electron chi connectivity index (χ2n) is 9.49. The predicted molar refractivity (Wildman–Crippen MR) is 118 cm³/mol. The fourth-order valence-electron chi connectivity index (χ4n) is 3.63. The largest absolute Gasteiger partial charge is 0.444 e. The zero-order valence-electron chi connectivity index (χ0n) is 19.4. The number of fused-ring (bicyclic) bond motifs is 1. The summed E-state index contributed by atoms with van der Waals surface area (Å²) in [5.41, 5.74) is 1.30. The van der Waals surface area contributed by atoms with Crippen LogP contribution in [0, 0.1) is 13.8 Å². The lowest BCUT2D eigenvalue weighted by Crippen LogP contribution is -2.55. The smallest absolute Gasteiger partial charge is 0.410 e. The number of morpholine rings is 1. The van der Waals surface area contributed by atoms with Gasteiger partial charge >= 0.3 is 6.09 Å². The second-order valence-corrected chi connectivity index (χ2v) is 9.49. The first-order valence-electron chi connectivity index (χ1n) is 10.5. The van der Waals surface area contributed by atoms with Crippen LogP contribution in [0.1, 0.15) is 51.7 Å². The van der Waals surface area contributed by atoms with Crippen molar-refractivity contribution >= 4 is 22.9 Å². The van der Waals surface area contributed by atoms with Crippen LogP contribution in [0.2, 0.25) is 0 Å². The zero-order valence-corrected chi connectivity index (χ0v) is 19.4. The molecule has 1 saturated heterocycles. The maximum atomic E-state index is 13.1. The quantitative estimate of drug-likeness (QED) is 0.807. The molecule has 31 heavy (non-hydrogen) atoms. The Balaban J connectivity index is 1.79. The van der Waals surface area contributed by atoms with Crippen LogP contribution in [-0.4, -0.2) is 58.3 Å². The van der Waals surface area contributed by atoms with Gasteiger partial charge in [0, 0.05) is 11.9 Å². The van der Waals surface area contributed by atoms with E-state index >= 15 is 0 Å². The number of para-hydroxylation sites is 1. The van der Waals surface area contributed by atoms with Crippen molar-refractivity contribution in [3.8, 4) is 0 Å². The Morgan fingerprint density at radius 2 is 1.87 bits per heavy atom. The van der Waals surface area contributed by atoms with Crippen LogP contribution >= 0.6 is 0 Å². The molecule has 1 N–H and O–H groups in total. The van der Waals surface area contributed by atoms with Crippen LogP contribution in [0.15, 0.2) is 18.2 Å². The maximum Gasteiger partial charge on any atom is 0.410 e. The van der Waals surface area contributed by atoms with Crippen LogP contribution < -0.4 is 5.32 Å². The van der Waals surface area contributed by atoms with Crippen LogP contribution in [0.4, 0.5) is 4.79 Å². The molecule has 2 heterocycles. The van der Waals surface area contributed by atoms with Gasteiger partial charge in [0.05, 0.1) is 29.9 Å². The van der Waals surface area contributed by atoms with E-state index in [0.717, 1.165) is 22.2 Å². The number of hydrogen-bond acceptors (Lipinski definition) is 6. The third-order valence-electron chi connectivity index (χ3n) is 5.08. The molecule has 1 fully saturated rings. The summed E-state index contributed by atoms with van der Waals surface area (Å²) < 4.78 is 11.1. The maximum absolute atomic E-state index is 13.1. The van der Waals surface area contributed by atoms with Gasteiger partial charge in [0.2, 0.25) is 0 Å². The zero-order chi connectivity index (χ0) is 23.0. The Kier molecular flexibility index (Phi) is 6.23. The Morgan fingerprint density at radius 1 is 1.16 bits per heavy atom. The SMILES string of the molecule is Cc1nc(C(C)(C)NC(=O)[C@@H]2CN(C(=O)OC(C)(C)C)CCO2)c2cccc(C)c2n1. The normalized spacial score (nSPS) is 17.5. The Labute approximate surface area is 183 Å². The monoisotopic (exact) mass is 428 g/mol. The minimum absolute atomic E-state index is 0.138. The minimum atomic E-state index is -0.781. The number of aromatic nitrogens is 2. The molecule has 0 spiro atoms. The third-order valence-corrected chi connectivity index (χ3v) is 5.08. The van der Waals surface area contributed by atoms with Crippen molar-refractivity contribution in [2.45, 2.75) is 65.7 Å². The summed E-state index contributed by atoms with van der Waals surface area (Å²) in [4.78, 5) is 36.2. The van der Waals surface area contributed by atoms with Gasteiger partial charge in [-0.3, -0.25) is 4.79 Å². The first kappa shape index (κ1) is 22.9. The molecule has 3 rings (SSSR count). The summed E-state index contributed by atoms with van der Waals surface area (Å²) in [6, 6.07) is 5.93. The van der Waals surface area contributed by atoms with Crippen molar-refractivity contribution in [1.29, 1.82) is 0 Å². The Bertz CT molecular complexity index is 997. The standard InChI is InChI=1S/C23H32N4O4/c1-14-9-8-10-16-18(14)24-15(2)25-19(16)23(6,7)26-20(28)17-13-27(11-12-30-17)21(29)31-22(3,4)5/h8-10,17H,11-13H2,1-7H3,(H,26,28)/t17-/m0/s1. The molecule has 1 aromatic carbocycles. The Hall–Kier alpha value is -2.74. The molecule has 168 valence electrons. The minimum Gasteiger partial charge on any atom is -0.444 e. The number of carbonyl (C=O) groups is 2. The number of ether oxygens (including phenoxy) is 2. The number of aryl methyl sites for hydroxylation is 2. The molecule has 1 aromatic heterocycles. The van der Waals surface area contributed by atoms with Crippen molar-refractivity contribution in [3.63, 3.8) is 0 Å². The molecule has 1 atom stereocenters. The van der Waals surface area contributed by atoms with E-state index < -0.39 is 23.3 Å². The number of benzene rings is 1. The molecular weight excluding hydrogens is 396 g/mol. The number of amides is 2. The molecule has 0 unspecified atom stereocenters.